The van der Waals surface area contributed by atoms with E-state index >= 15 is 0 Å². The molecule has 5 nitrogen and oxygen atoms in total. The van der Waals surface area contributed by atoms with Gasteiger partial charge in [0.05, 0.1) is 17.0 Å². The Balaban J connectivity index is 2.27. The van der Waals surface area contributed by atoms with Crippen LogP contribution < -0.4 is 10.0 Å². The lowest BCUT2D eigenvalue weighted by Crippen LogP contribution is -2.25. The van der Waals surface area contributed by atoms with Crippen LogP contribution in [-0.2, 0) is 21.2 Å². The highest BCUT2D eigenvalue weighted by molar-refractivity contribution is 7.92. The average molecular weight is 373 g/mol. The number of thiophene rings is 1. The number of carbonyl (C=O) groups excluding carboxylic acids is 1. The quantitative estimate of drug-likeness (QED) is 0.817. The molecule has 1 aromatic carbocycles. The Labute approximate surface area is 144 Å². The first-order chi connectivity index (χ1) is 10.8. The Kier molecular flexibility index (Phi) is 5.67. The molecule has 1 aromatic heterocycles. The number of likely N-dealkylation sites (N-methyl/N-ethyl adjacent to an activating group) is 1. The molecule has 0 aliphatic heterocycles. The maximum absolute atomic E-state index is 12.6. The van der Waals surface area contributed by atoms with Crippen molar-refractivity contribution in [3.8, 4) is 0 Å². The van der Waals surface area contributed by atoms with E-state index < -0.39 is 10.0 Å². The molecule has 2 rings (SSSR count). The second-order valence-electron chi connectivity index (χ2n) is 4.91. The van der Waals surface area contributed by atoms with Crippen LogP contribution in [0, 0.1) is 6.92 Å². The third-order valence-electron chi connectivity index (χ3n) is 3.22. The van der Waals surface area contributed by atoms with Gasteiger partial charge in [-0.3, -0.25) is 9.52 Å². The molecule has 0 unspecified atom stereocenters. The largest absolute Gasteiger partial charge is 0.356 e. The molecule has 0 fully saturated rings. The number of amides is 1. The first-order valence-electron chi connectivity index (χ1n) is 6.95. The Hall–Kier alpha value is -1.57. The number of anilines is 1. The first-order valence-corrected chi connectivity index (χ1v) is 9.75. The molecule has 0 radical (unpaired) electrons. The number of nitrogens with one attached hydrogen (secondary N) is 2. The van der Waals surface area contributed by atoms with Crippen LogP contribution in [0.25, 0.3) is 0 Å². The van der Waals surface area contributed by atoms with Gasteiger partial charge in [-0.15, -0.1) is 11.3 Å². The summed E-state index contributed by atoms with van der Waals surface area (Å²) in [6.45, 7) is 4.02. The highest BCUT2D eigenvalue weighted by Gasteiger charge is 2.20. The molecule has 0 aliphatic rings. The van der Waals surface area contributed by atoms with Crippen molar-refractivity contribution in [2.45, 2.75) is 25.2 Å². The molecule has 0 saturated carbocycles. The van der Waals surface area contributed by atoms with E-state index in [1.807, 2.05) is 6.92 Å². The van der Waals surface area contributed by atoms with Crippen LogP contribution in [0.15, 0.2) is 33.9 Å². The van der Waals surface area contributed by atoms with E-state index in [1.54, 1.807) is 29.8 Å². The zero-order valence-corrected chi connectivity index (χ0v) is 15.1. The van der Waals surface area contributed by atoms with Crippen LogP contribution in [0.3, 0.4) is 0 Å². The van der Waals surface area contributed by atoms with Gasteiger partial charge in [-0.2, -0.15) is 0 Å². The molecule has 0 spiro atoms. The molecular formula is C15H17ClN2O3S2. The van der Waals surface area contributed by atoms with Gasteiger partial charge < -0.3 is 5.32 Å². The van der Waals surface area contributed by atoms with Gasteiger partial charge in [0.1, 0.15) is 0 Å². The Morgan fingerprint density at radius 2 is 2.04 bits per heavy atom. The van der Waals surface area contributed by atoms with Gasteiger partial charge in [-0.25, -0.2) is 8.42 Å². The second kappa shape index (κ2) is 7.33. The summed E-state index contributed by atoms with van der Waals surface area (Å²) < 4.78 is 27.7. The van der Waals surface area contributed by atoms with Gasteiger partial charge in [0.2, 0.25) is 5.91 Å². The van der Waals surface area contributed by atoms with Crippen LogP contribution in [0.5, 0.6) is 0 Å². The van der Waals surface area contributed by atoms with Gasteiger partial charge >= 0.3 is 0 Å². The van der Waals surface area contributed by atoms with E-state index in [-0.39, 0.29) is 17.2 Å². The van der Waals surface area contributed by atoms with Gasteiger partial charge in [-0.1, -0.05) is 17.7 Å². The van der Waals surface area contributed by atoms with Crippen LogP contribution in [0.4, 0.5) is 5.69 Å². The van der Waals surface area contributed by atoms with E-state index in [4.69, 9.17) is 11.6 Å². The minimum absolute atomic E-state index is 0.125. The maximum Gasteiger partial charge on any atom is 0.262 e. The van der Waals surface area contributed by atoms with Gasteiger partial charge in [-0.05, 0) is 42.5 Å². The van der Waals surface area contributed by atoms with E-state index in [9.17, 15) is 13.2 Å². The number of sulfonamides is 1. The van der Waals surface area contributed by atoms with Crippen molar-refractivity contribution in [2.75, 3.05) is 11.3 Å². The molecule has 1 amide bonds. The van der Waals surface area contributed by atoms with Crippen molar-refractivity contribution < 1.29 is 13.2 Å². The summed E-state index contributed by atoms with van der Waals surface area (Å²) >= 11 is 7.33. The smallest absolute Gasteiger partial charge is 0.262 e. The predicted octanol–water partition coefficient (Wildman–Crippen LogP) is 3.19. The summed E-state index contributed by atoms with van der Waals surface area (Å²) in [4.78, 5) is 11.8. The third-order valence-corrected chi connectivity index (χ3v) is 5.93. The van der Waals surface area contributed by atoms with Crippen molar-refractivity contribution in [3.63, 3.8) is 0 Å². The van der Waals surface area contributed by atoms with Crippen LogP contribution in [0.1, 0.15) is 18.1 Å². The summed E-state index contributed by atoms with van der Waals surface area (Å²) in [6, 6.07) is 4.73. The number of carbonyl (C=O) groups is 1. The minimum Gasteiger partial charge on any atom is -0.356 e. The monoisotopic (exact) mass is 372 g/mol. The molecular weight excluding hydrogens is 356 g/mol. The van der Waals surface area contributed by atoms with Crippen LogP contribution in [-0.4, -0.2) is 20.9 Å². The highest BCUT2D eigenvalue weighted by Crippen LogP contribution is 2.28. The fraction of sp³-hybridized carbons (Fsp3) is 0.267. The van der Waals surface area contributed by atoms with E-state index in [2.05, 4.69) is 10.0 Å². The lowest BCUT2D eigenvalue weighted by molar-refractivity contribution is -0.120. The van der Waals surface area contributed by atoms with Crippen molar-refractivity contribution in [1.82, 2.24) is 5.32 Å². The van der Waals surface area contributed by atoms with E-state index in [0.29, 0.717) is 28.4 Å². The van der Waals surface area contributed by atoms with Crippen molar-refractivity contribution >= 4 is 44.6 Å². The molecule has 0 saturated heterocycles. The summed E-state index contributed by atoms with van der Waals surface area (Å²) in [5, 5.41) is 6.52. The topological polar surface area (TPSA) is 75.3 Å². The summed E-state index contributed by atoms with van der Waals surface area (Å²) in [6.07, 6.45) is 0.129. The predicted molar refractivity (Wildman–Crippen MR) is 93.7 cm³/mol. The molecule has 2 N–H and O–H groups in total. The average Bonchev–Trinajstić information content (AvgIpc) is 2.88. The Bertz CT molecular complexity index is 816. The van der Waals surface area contributed by atoms with E-state index in [0.717, 1.165) is 0 Å². The zero-order chi connectivity index (χ0) is 17.0. The van der Waals surface area contributed by atoms with Gasteiger partial charge in [0.15, 0.2) is 0 Å². The lowest BCUT2D eigenvalue weighted by Gasteiger charge is -2.12. The first kappa shape index (κ1) is 17.8. The second-order valence-corrected chi connectivity index (χ2v) is 7.71. The molecule has 0 aliphatic carbocycles. The molecule has 0 atom stereocenters. The molecule has 8 heteroatoms. The van der Waals surface area contributed by atoms with Crippen molar-refractivity contribution in [2.24, 2.45) is 0 Å². The number of hydrogen-bond acceptors (Lipinski definition) is 4. The molecule has 0 bridgehead atoms. The standard InChI is InChI=1S/C15H17ClN2O3S2/c1-3-17-15(19)7-11-8-22-9-13(11)18-23(20,21)14-6-4-5-12(16)10(14)2/h4-6,8-9,18H,3,7H2,1-2H3,(H,17,19). The minimum atomic E-state index is -3.77. The Morgan fingerprint density at radius 1 is 1.30 bits per heavy atom. The number of hydrogen-bond donors (Lipinski definition) is 2. The molecule has 23 heavy (non-hydrogen) atoms. The summed E-state index contributed by atoms with van der Waals surface area (Å²) in [5.41, 5.74) is 1.55. The fourth-order valence-corrected chi connectivity index (χ4v) is 4.52. The number of halogens is 1. The van der Waals surface area contributed by atoms with Gasteiger partial charge in [0, 0.05) is 16.9 Å². The third kappa shape index (κ3) is 4.25. The van der Waals surface area contributed by atoms with Gasteiger partial charge in [0.25, 0.3) is 10.0 Å². The zero-order valence-electron chi connectivity index (χ0n) is 12.7. The summed E-state index contributed by atoms with van der Waals surface area (Å²) in [5.74, 6) is -0.148. The molecule has 124 valence electrons. The maximum atomic E-state index is 12.6. The summed E-state index contributed by atoms with van der Waals surface area (Å²) in [7, 11) is -3.77. The number of benzene rings is 1. The van der Waals surface area contributed by atoms with E-state index in [1.165, 1.54) is 17.4 Å². The normalized spacial score (nSPS) is 11.3. The van der Waals surface area contributed by atoms with Crippen LogP contribution in [0.2, 0.25) is 5.02 Å². The Morgan fingerprint density at radius 3 is 2.74 bits per heavy atom. The lowest BCUT2D eigenvalue weighted by atomic mass is 10.2. The van der Waals surface area contributed by atoms with Crippen molar-refractivity contribution in [3.05, 3.63) is 45.1 Å². The SMILES string of the molecule is CCNC(=O)Cc1cscc1NS(=O)(=O)c1cccc(Cl)c1C. The molecule has 1 heterocycles. The fourth-order valence-electron chi connectivity index (χ4n) is 2.06. The van der Waals surface area contributed by atoms with Crippen LogP contribution >= 0.6 is 22.9 Å². The highest BCUT2D eigenvalue weighted by atomic mass is 35.5. The number of rotatable bonds is 6. The molecule has 2 aromatic rings. The van der Waals surface area contributed by atoms with Crippen molar-refractivity contribution in [1.29, 1.82) is 0 Å².